The van der Waals surface area contributed by atoms with Gasteiger partial charge in [0.1, 0.15) is 5.75 Å². The van der Waals surface area contributed by atoms with E-state index < -0.39 is 0 Å². The monoisotopic (exact) mass is 167 g/mol. The number of ether oxygens (including phenoxy) is 1. The van der Waals surface area contributed by atoms with E-state index in [1.807, 2.05) is 13.8 Å². The summed E-state index contributed by atoms with van der Waals surface area (Å²) < 4.78 is 5.37. The lowest BCUT2D eigenvalue weighted by atomic mass is 10.3. The normalized spacial score (nSPS) is 10.3. The standard InChI is InChI=1S/C9H13NO2/c1-7(2)12-9-4-3-8(6-11)10-5-9/h3-5,7,11H,6H2,1-2H3. The SMILES string of the molecule is CC(C)Oc1ccc(CO)nc1. The van der Waals surface area contributed by atoms with Gasteiger partial charge in [0.25, 0.3) is 0 Å². The molecular weight excluding hydrogens is 154 g/mol. The van der Waals surface area contributed by atoms with Gasteiger partial charge in [0.05, 0.1) is 24.6 Å². The Morgan fingerprint density at radius 2 is 2.25 bits per heavy atom. The Morgan fingerprint density at radius 1 is 1.50 bits per heavy atom. The van der Waals surface area contributed by atoms with E-state index in [-0.39, 0.29) is 12.7 Å². The fourth-order valence-corrected chi connectivity index (χ4v) is 0.846. The number of aliphatic hydroxyl groups excluding tert-OH is 1. The lowest BCUT2D eigenvalue weighted by Crippen LogP contribution is -2.05. The Morgan fingerprint density at radius 3 is 2.67 bits per heavy atom. The Hall–Kier alpha value is -1.09. The zero-order chi connectivity index (χ0) is 8.97. The van der Waals surface area contributed by atoms with E-state index in [0.29, 0.717) is 5.69 Å². The highest BCUT2D eigenvalue weighted by Gasteiger charge is 1.97. The van der Waals surface area contributed by atoms with Crippen LogP contribution in [0.3, 0.4) is 0 Å². The first-order chi connectivity index (χ1) is 5.72. The molecule has 0 spiro atoms. The molecule has 0 unspecified atom stereocenters. The van der Waals surface area contributed by atoms with Gasteiger partial charge in [-0.25, -0.2) is 0 Å². The summed E-state index contributed by atoms with van der Waals surface area (Å²) in [6.07, 6.45) is 1.78. The Balaban J connectivity index is 2.65. The van der Waals surface area contributed by atoms with Gasteiger partial charge in [-0.1, -0.05) is 0 Å². The van der Waals surface area contributed by atoms with Crippen LogP contribution in [0.4, 0.5) is 0 Å². The summed E-state index contributed by atoms with van der Waals surface area (Å²) >= 11 is 0. The van der Waals surface area contributed by atoms with Crippen molar-refractivity contribution >= 4 is 0 Å². The van der Waals surface area contributed by atoms with Crippen LogP contribution in [0.2, 0.25) is 0 Å². The van der Waals surface area contributed by atoms with E-state index in [0.717, 1.165) is 5.75 Å². The summed E-state index contributed by atoms with van der Waals surface area (Å²) in [5.74, 6) is 0.738. The van der Waals surface area contributed by atoms with Crippen molar-refractivity contribution in [2.24, 2.45) is 0 Å². The van der Waals surface area contributed by atoms with Crippen LogP contribution in [0.5, 0.6) is 5.75 Å². The Kier molecular flexibility index (Phi) is 3.05. The summed E-state index contributed by atoms with van der Waals surface area (Å²) in [5, 5.41) is 8.71. The summed E-state index contributed by atoms with van der Waals surface area (Å²) in [7, 11) is 0. The number of pyridine rings is 1. The maximum atomic E-state index is 8.71. The fraction of sp³-hybridized carbons (Fsp3) is 0.444. The largest absolute Gasteiger partial charge is 0.489 e. The zero-order valence-corrected chi connectivity index (χ0v) is 7.32. The summed E-state index contributed by atoms with van der Waals surface area (Å²) in [5.41, 5.74) is 0.658. The molecule has 0 saturated carbocycles. The highest BCUT2D eigenvalue weighted by Crippen LogP contribution is 2.10. The topological polar surface area (TPSA) is 42.4 Å². The number of nitrogens with zero attached hydrogens (tertiary/aromatic N) is 1. The molecule has 3 nitrogen and oxygen atoms in total. The van der Waals surface area contributed by atoms with Crippen molar-refractivity contribution in [1.29, 1.82) is 0 Å². The molecule has 1 N–H and O–H groups in total. The van der Waals surface area contributed by atoms with Gasteiger partial charge in [0.2, 0.25) is 0 Å². The minimum atomic E-state index is -0.0258. The number of hydrogen-bond acceptors (Lipinski definition) is 3. The molecule has 0 radical (unpaired) electrons. The van der Waals surface area contributed by atoms with Crippen molar-refractivity contribution in [3.8, 4) is 5.75 Å². The van der Waals surface area contributed by atoms with Crippen LogP contribution in [-0.2, 0) is 6.61 Å². The van der Waals surface area contributed by atoms with E-state index >= 15 is 0 Å². The van der Waals surface area contributed by atoms with E-state index in [2.05, 4.69) is 4.98 Å². The predicted molar refractivity (Wildman–Crippen MR) is 45.9 cm³/mol. The van der Waals surface area contributed by atoms with Gasteiger partial charge in [0.15, 0.2) is 0 Å². The van der Waals surface area contributed by atoms with Crippen LogP contribution in [0, 0.1) is 0 Å². The molecule has 0 fully saturated rings. The van der Waals surface area contributed by atoms with Crippen molar-refractivity contribution in [2.45, 2.75) is 26.6 Å². The van der Waals surface area contributed by atoms with Crippen LogP contribution in [-0.4, -0.2) is 16.2 Å². The fourth-order valence-electron chi connectivity index (χ4n) is 0.846. The third-order valence-electron chi connectivity index (χ3n) is 1.33. The highest BCUT2D eigenvalue weighted by molar-refractivity contribution is 5.19. The molecule has 0 saturated heterocycles. The zero-order valence-electron chi connectivity index (χ0n) is 7.32. The van der Waals surface area contributed by atoms with Gasteiger partial charge in [0, 0.05) is 0 Å². The molecule has 0 aliphatic carbocycles. The molecule has 12 heavy (non-hydrogen) atoms. The Labute approximate surface area is 72.0 Å². The molecule has 0 amide bonds. The van der Waals surface area contributed by atoms with Gasteiger partial charge in [-0.3, -0.25) is 4.98 Å². The van der Waals surface area contributed by atoms with Crippen LogP contribution in [0.15, 0.2) is 18.3 Å². The molecule has 1 heterocycles. The van der Waals surface area contributed by atoms with E-state index in [1.54, 1.807) is 18.3 Å². The quantitative estimate of drug-likeness (QED) is 0.739. The molecule has 0 atom stereocenters. The van der Waals surface area contributed by atoms with Gasteiger partial charge in [-0.15, -0.1) is 0 Å². The average molecular weight is 167 g/mol. The minimum absolute atomic E-state index is 0.0258. The summed E-state index contributed by atoms with van der Waals surface area (Å²) in [4.78, 5) is 3.98. The molecule has 66 valence electrons. The second-order valence-electron chi connectivity index (χ2n) is 2.81. The minimum Gasteiger partial charge on any atom is -0.489 e. The van der Waals surface area contributed by atoms with Crippen LogP contribution < -0.4 is 4.74 Å². The molecular formula is C9H13NO2. The number of hydrogen-bond donors (Lipinski definition) is 1. The van der Waals surface area contributed by atoms with Crippen LogP contribution >= 0.6 is 0 Å². The lowest BCUT2D eigenvalue weighted by molar-refractivity contribution is 0.240. The second-order valence-corrected chi connectivity index (χ2v) is 2.81. The third-order valence-corrected chi connectivity index (χ3v) is 1.33. The predicted octanol–water partition coefficient (Wildman–Crippen LogP) is 1.36. The molecule has 3 heteroatoms. The van der Waals surface area contributed by atoms with Gasteiger partial charge < -0.3 is 9.84 Å². The van der Waals surface area contributed by atoms with Crippen molar-refractivity contribution in [3.63, 3.8) is 0 Å². The van der Waals surface area contributed by atoms with Crippen molar-refractivity contribution < 1.29 is 9.84 Å². The summed E-state index contributed by atoms with van der Waals surface area (Å²) in [6, 6.07) is 3.55. The molecule has 1 aromatic heterocycles. The van der Waals surface area contributed by atoms with Crippen LogP contribution in [0.25, 0.3) is 0 Å². The number of aliphatic hydroxyl groups is 1. The van der Waals surface area contributed by atoms with Gasteiger partial charge in [-0.05, 0) is 26.0 Å². The van der Waals surface area contributed by atoms with Gasteiger partial charge in [-0.2, -0.15) is 0 Å². The molecule has 0 aliphatic rings. The van der Waals surface area contributed by atoms with E-state index in [4.69, 9.17) is 9.84 Å². The third kappa shape index (κ3) is 2.51. The van der Waals surface area contributed by atoms with E-state index in [9.17, 15) is 0 Å². The van der Waals surface area contributed by atoms with Crippen molar-refractivity contribution in [3.05, 3.63) is 24.0 Å². The van der Waals surface area contributed by atoms with Crippen molar-refractivity contribution in [1.82, 2.24) is 4.98 Å². The highest BCUT2D eigenvalue weighted by atomic mass is 16.5. The smallest absolute Gasteiger partial charge is 0.137 e. The molecule has 1 aromatic rings. The maximum absolute atomic E-state index is 8.71. The molecule has 0 aromatic carbocycles. The Bertz CT molecular complexity index is 231. The maximum Gasteiger partial charge on any atom is 0.137 e. The number of aromatic nitrogens is 1. The first-order valence-corrected chi connectivity index (χ1v) is 3.95. The van der Waals surface area contributed by atoms with E-state index in [1.165, 1.54) is 0 Å². The van der Waals surface area contributed by atoms with Crippen molar-refractivity contribution in [2.75, 3.05) is 0 Å². The lowest BCUT2D eigenvalue weighted by Gasteiger charge is -2.08. The van der Waals surface area contributed by atoms with Crippen LogP contribution in [0.1, 0.15) is 19.5 Å². The molecule has 1 rings (SSSR count). The number of rotatable bonds is 3. The summed E-state index contributed by atoms with van der Waals surface area (Å²) in [6.45, 7) is 3.89. The first kappa shape index (κ1) is 9.00. The average Bonchev–Trinajstić information content (AvgIpc) is 2.05. The first-order valence-electron chi connectivity index (χ1n) is 3.95. The molecule has 0 bridgehead atoms. The van der Waals surface area contributed by atoms with Gasteiger partial charge >= 0.3 is 0 Å². The second kappa shape index (κ2) is 4.07. The molecule has 0 aliphatic heterocycles.